The van der Waals surface area contributed by atoms with E-state index in [0.717, 1.165) is 12.1 Å². The average molecular weight is 342 g/mol. The lowest BCUT2D eigenvalue weighted by Gasteiger charge is -2.11. The van der Waals surface area contributed by atoms with Crippen LogP contribution in [-0.4, -0.2) is 22.5 Å². The molecular weight excluding hydrogens is 326 g/mol. The van der Waals surface area contributed by atoms with E-state index in [-0.39, 0.29) is 5.69 Å². The number of halogens is 1. The molecule has 1 aromatic heterocycles. The molecule has 0 bridgehead atoms. The number of benzene rings is 2. The van der Waals surface area contributed by atoms with Crippen molar-refractivity contribution in [2.75, 3.05) is 11.9 Å². The molecule has 0 saturated heterocycles. The van der Waals surface area contributed by atoms with E-state index in [9.17, 15) is 4.79 Å². The first-order valence-corrected chi connectivity index (χ1v) is 8.01. The number of nitrogens with one attached hydrogen (secondary N) is 1. The van der Waals surface area contributed by atoms with Crippen molar-refractivity contribution in [3.05, 3.63) is 59.2 Å². The molecule has 24 heavy (non-hydrogen) atoms. The van der Waals surface area contributed by atoms with Gasteiger partial charge in [0.1, 0.15) is 0 Å². The molecule has 3 rings (SSSR count). The quantitative estimate of drug-likeness (QED) is 0.687. The van der Waals surface area contributed by atoms with Crippen molar-refractivity contribution in [1.29, 1.82) is 0 Å². The Morgan fingerprint density at radius 1 is 1.08 bits per heavy atom. The molecule has 3 aromatic rings. The van der Waals surface area contributed by atoms with E-state index in [1.807, 2.05) is 31.2 Å². The maximum Gasteiger partial charge on any atom is 0.360 e. The van der Waals surface area contributed by atoms with Gasteiger partial charge in [-0.15, -0.1) is 0 Å². The maximum atomic E-state index is 12.3. The van der Waals surface area contributed by atoms with E-state index >= 15 is 0 Å². The molecule has 0 atom stereocenters. The summed E-state index contributed by atoms with van der Waals surface area (Å²) in [7, 11) is 0. The minimum Gasteiger partial charge on any atom is -0.461 e. The number of esters is 1. The minimum absolute atomic E-state index is 0.164. The highest BCUT2D eigenvalue weighted by Crippen LogP contribution is 2.23. The number of anilines is 2. The third-order valence-electron chi connectivity index (χ3n) is 3.31. The molecule has 1 N–H and O–H groups in total. The summed E-state index contributed by atoms with van der Waals surface area (Å²) in [5.74, 6) is -0.135. The van der Waals surface area contributed by atoms with Crippen LogP contribution in [0.2, 0.25) is 5.02 Å². The molecule has 5 nitrogen and oxygen atoms in total. The summed E-state index contributed by atoms with van der Waals surface area (Å²) in [6.07, 6.45) is 0.743. The van der Waals surface area contributed by atoms with E-state index in [1.165, 1.54) is 0 Å². The second-order valence-electron chi connectivity index (χ2n) is 5.18. The predicted molar refractivity (Wildman–Crippen MR) is 94.8 cm³/mol. The largest absolute Gasteiger partial charge is 0.461 e. The monoisotopic (exact) mass is 341 g/mol. The SMILES string of the molecule is CCCOC(=O)c1nc2ccccc2nc1Nc1ccc(Cl)cc1. The lowest BCUT2D eigenvalue weighted by molar-refractivity contribution is 0.0499. The Balaban J connectivity index is 2.02. The summed E-state index contributed by atoms with van der Waals surface area (Å²) in [5.41, 5.74) is 2.26. The Hall–Kier alpha value is -2.66. The van der Waals surface area contributed by atoms with Crippen LogP contribution < -0.4 is 5.32 Å². The highest BCUT2D eigenvalue weighted by molar-refractivity contribution is 6.30. The van der Waals surface area contributed by atoms with Crippen molar-refractivity contribution in [2.24, 2.45) is 0 Å². The zero-order valence-corrected chi connectivity index (χ0v) is 13.9. The van der Waals surface area contributed by atoms with Gasteiger partial charge in [-0.3, -0.25) is 0 Å². The fourth-order valence-corrected chi connectivity index (χ4v) is 2.29. The first-order chi connectivity index (χ1) is 11.7. The van der Waals surface area contributed by atoms with Gasteiger partial charge in [0.05, 0.1) is 17.6 Å². The average Bonchev–Trinajstić information content (AvgIpc) is 2.61. The summed E-state index contributed by atoms with van der Waals surface area (Å²) >= 11 is 5.90. The molecule has 1 heterocycles. The molecule has 2 aromatic carbocycles. The molecule has 0 aliphatic carbocycles. The molecule has 122 valence electrons. The Morgan fingerprint density at radius 3 is 2.42 bits per heavy atom. The van der Waals surface area contributed by atoms with Gasteiger partial charge in [-0.2, -0.15) is 0 Å². The molecule has 0 aliphatic rings. The number of carbonyl (C=O) groups is 1. The van der Waals surface area contributed by atoms with Gasteiger partial charge in [0, 0.05) is 10.7 Å². The molecule has 0 aliphatic heterocycles. The molecule has 6 heteroatoms. The zero-order chi connectivity index (χ0) is 16.9. The van der Waals surface area contributed by atoms with E-state index in [4.69, 9.17) is 16.3 Å². The highest BCUT2D eigenvalue weighted by atomic mass is 35.5. The summed E-state index contributed by atoms with van der Waals surface area (Å²) in [5, 5.41) is 3.75. The number of aromatic nitrogens is 2. The number of hydrogen-bond acceptors (Lipinski definition) is 5. The van der Waals surface area contributed by atoms with Crippen LogP contribution in [0.15, 0.2) is 48.5 Å². The van der Waals surface area contributed by atoms with E-state index < -0.39 is 5.97 Å². The number of fused-ring (bicyclic) bond motifs is 1. The molecule has 0 saturated carbocycles. The Labute approximate surface area is 144 Å². The third kappa shape index (κ3) is 3.63. The van der Waals surface area contributed by atoms with Crippen molar-refractivity contribution >= 4 is 40.1 Å². The molecule has 0 spiro atoms. The van der Waals surface area contributed by atoms with Crippen LogP contribution in [0.1, 0.15) is 23.8 Å². The van der Waals surface area contributed by atoms with Gasteiger partial charge in [-0.1, -0.05) is 30.7 Å². The lowest BCUT2D eigenvalue weighted by Crippen LogP contribution is -2.12. The topological polar surface area (TPSA) is 64.1 Å². The molecule has 0 amide bonds. The van der Waals surface area contributed by atoms with Crippen molar-refractivity contribution in [3.8, 4) is 0 Å². The lowest BCUT2D eigenvalue weighted by atomic mass is 10.2. The van der Waals surface area contributed by atoms with Gasteiger partial charge in [0.2, 0.25) is 0 Å². The number of nitrogens with zero attached hydrogens (tertiary/aromatic N) is 2. The Kier molecular flexibility index (Phi) is 4.91. The number of ether oxygens (including phenoxy) is 1. The minimum atomic E-state index is -0.494. The van der Waals surface area contributed by atoms with Crippen LogP contribution in [0.5, 0.6) is 0 Å². The number of carbonyl (C=O) groups excluding carboxylic acids is 1. The van der Waals surface area contributed by atoms with Gasteiger partial charge in [-0.05, 0) is 42.8 Å². The fourth-order valence-electron chi connectivity index (χ4n) is 2.16. The third-order valence-corrected chi connectivity index (χ3v) is 3.56. The van der Waals surface area contributed by atoms with Crippen LogP contribution >= 0.6 is 11.6 Å². The van der Waals surface area contributed by atoms with E-state index in [1.54, 1.807) is 24.3 Å². The van der Waals surface area contributed by atoms with Crippen LogP contribution in [-0.2, 0) is 4.74 Å². The smallest absolute Gasteiger partial charge is 0.360 e. The Bertz CT molecular complexity index is 866. The summed E-state index contributed by atoms with van der Waals surface area (Å²) in [4.78, 5) is 21.3. The number of hydrogen-bond donors (Lipinski definition) is 1. The van der Waals surface area contributed by atoms with Crippen molar-refractivity contribution < 1.29 is 9.53 Å². The van der Waals surface area contributed by atoms with Crippen LogP contribution in [0, 0.1) is 0 Å². The highest BCUT2D eigenvalue weighted by Gasteiger charge is 2.18. The zero-order valence-electron chi connectivity index (χ0n) is 13.1. The molecule has 0 fully saturated rings. The van der Waals surface area contributed by atoms with Crippen molar-refractivity contribution in [2.45, 2.75) is 13.3 Å². The van der Waals surface area contributed by atoms with Crippen LogP contribution in [0.25, 0.3) is 11.0 Å². The molecular formula is C18H16ClN3O2. The molecule has 0 unspecified atom stereocenters. The predicted octanol–water partition coefficient (Wildman–Crippen LogP) is 4.59. The van der Waals surface area contributed by atoms with E-state index in [2.05, 4.69) is 15.3 Å². The fraction of sp³-hybridized carbons (Fsp3) is 0.167. The second kappa shape index (κ2) is 7.27. The first-order valence-electron chi connectivity index (χ1n) is 7.64. The van der Waals surface area contributed by atoms with Crippen molar-refractivity contribution in [1.82, 2.24) is 9.97 Å². The van der Waals surface area contributed by atoms with Crippen molar-refractivity contribution in [3.63, 3.8) is 0 Å². The number of rotatable bonds is 5. The standard InChI is InChI=1S/C18H16ClN3O2/c1-2-11-24-18(23)16-17(20-13-9-7-12(19)8-10-13)22-15-6-4-3-5-14(15)21-16/h3-10H,2,11H2,1H3,(H,20,22). The number of para-hydroxylation sites is 2. The van der Waals surface area contributed by atoms with Crippen LogP contribution in [0.4, 0.5) is 11.5 Å². The second-order valence-corrected chi connectivity index (χ2v) is 5.61. The first kappa shape index (κ1) is 16.2. The maximum absolute atomic E-state index is 12.3. The van der Waals surface area contributed by atoms with Gasteiger partial charge in [-0.25, -0.2) is 14.8 Å². The van der Waals surface area contributed by atoms with Gasteiger partial charge in [0.25, 0.3) is 0 Å². The van der Waals surface area contributed by atoms with Gasteiger partial charge < -0.3 is 10.1 Å². The normalized spacial score (nSPS) is 10.6. The summed E-state index contributed by atoms with van der Waals surface area (Å²) in [6.45, 7) is 2.28. The van der Waals surface area contributed by atoms with Crippen LogP contribution in [0.3, 0.4) is 0 Å². The Morgan fingerprint density at radius 2 is 1.75 bits per heavy atom. The summed E-state index contributed by atoms with van der Waals surface area (Å²) < 4.78 is 5.22. The van der Waals surface area contributed by atoms with Gasteiger partial charge >= 0.3 is 5.97 Å². The summed E-state index contributed by atoms with van der Waals surface area (Å²) in [6, 6.07) is 14.5. The van der Waals surface area contributed by atoms with Gasteiger partial charge in [0.15, 0.2) is 11.5 Å². The van der Waals surface area contributed by atoms with E-state index in [0.29, 0.717) is 28.5 Å². The molecule has 0 radical (unpaired) electrons.